The number of hydrogen-bond acceptors (Lipinski definition) is 7. The zero-order valence-electron chi connectivity index (χ0n) is 15.6. The molecule has 2 aliphatic heterocycles. The number of aliphatic hydroxyl groups excluding tert-OH is 1. The summed E-state index contributed by atoms with van der Waals surface area (Å²) in [6.07, 6.45) is -2.40. The highest BCUT2D eigenvalue weighted by molar-refractivity contribution is 6.76. The van der Waals surface area contributed by atoms with E-state index in [0.717, 1.165) is 6.04 Å². The molecule has 2 heterocycles. The van der Waals surface area contributed by atoms with Gasteiger partial charge in [0.15, 0.2) is 12.1 Å². The lowest BCUT2D eigenvalue weighted by molar-refractivity contribution is -0.296. The maximum atomic E-state index is 9.55. The topological polar surface area (TPSA) is 75.6 Å². The molecule has 5 atom stereocenters. The predicted molar refractivity (Wildman–Crippen MR) is 90.4 cm³/mol. The number of ether oxygens (including phenoxy) is 6. The number of rotatable bonds is 8. The maximum absolute atomic E-state index is 9.55. The van der Waals surface area contributed by atoms with Crippen LogP contribution in [0.25, 0.3) is 0 Å². The molecule has 7 nitrogen and oxygen atoms in total. The summed E-state index contributed by atoms with van der Waals surface area (Å²) in [5, 5.41) is 9.55. The van der Waals surface area contributed by atoms with E-state index in [1.807, 2.05) is 13.8 Å². The lowest BCUT2D eigenvalue weighted by Gasteiger charge is -2.40. The van der Waals surface area contributed by atoms with E-state index in [2.05, 4.69) is 19.6 Å². The summed E-state index contributed by atoms with van der Waals surface area (Å²) < 4.78 is 34.5. The normalized spacial score (nSPS) is 35.9. The first-order chi connectivity index (χ1) is 11.2. The minimum atomic E-state index is -1.12. The van der Waals surface area contributed by atoms with Crippen molar-refractivity contribution < 1.29 is 33.5 Å². The number of hydrogen-bond donors (Lipinski definition) is 1. The minimum absolute atomic E-state index is 0.148. The fraction of sp³-hybridized carbons (Fsp3) is 1.00. The molecule has 0 bridgehead atoms. The Hall–Kier alpha value is -0.0631. The lowest BCUT2D eigenvalue weighted by atomic mass is 9.99. The zero-order valence-corrected chi connectivity index (χ0v) is 16.6. The van der Waals surface area contributed by atoms with Gasteiger partial charge in [0.25, 0.3) is 0 Å². The van der Waals surface area contributed by atoms with E-state index in [-0.39, 0.29) is 19.5 Å². The van der Waals surface area contributed by atoms with Gasteiger partial charge >= 0.3 is 0 Å². The first-order valence-corrected chi connectivity index (χ1v) is 12.2. The SMILES string of the molecule is CO[C@@H]1O[C@H](CO)[C@@H]2OC(C)(C)O[C@@H]2[C@H]1OCOCC[Si](C)(C)C. The van der Waals surface area contributed by atoms with Crippen LogP contribution in [0.2, 0.25) is 25.7 Å². The average Bonchev–Trinajstić information content (AvgIpc) is 2.80. The fourth-order valence-electron chi connectivity index (χ4n) is 2.91. The van der Waals surface area contributed by atoms with Crippen LogP contribution in [-0.4, -0.2) is 76.8 Å². The third-order valence-electron chi connectivity index (χ3n) is 4.18. The monoisotopic (exact) mass is 364 g/mol. The van der Waals surface area contributed by atoms with Gasteiger partial charge in [-0.3, -0.25) is 0 Å². The van der Waals surface area contributed by atoms with Crippen LogP contribution in [0, 0.1) is 0 Å². The van der Waals surface area contributed by atoms with Crippen LogP contribution in [0.5, 0.6) is 0 Å². The Morgan fingerprint density at radius 1 is 1.12 bits per heavy atom. The second kappa shape index (κ2) is 8.09. The predicted octanol–water partition coefficient (Wildman–Crippen LogP) is 1.57. The number of methoxy groups -OCH3 is 1. The molecule has 0 radical (unpaired) electrons. The molecule has 0 spiro atoms. The molecular formula is C16H32O7Si. The summed E-state index contributed by atoms with van der Waals surface area (Å²) in [5.41, 5.74) is 0. The average molecular weight is 365 g/mol. The Morgan fingerprint density at radius 3 is 2.38 bits per heavy atom. The van der Waals surface area contributed by atoms with E-state index in [1.165, 1.54) is 0 Å². The van der Waals surface area contributed by atoms with Gasteiger partial charge in [-0.05, 0) is 19.9 Å². The third-order valence-corrected chi connectivity index (χ3v) is 5.89. The van der Waals surface area contributed by atoms with Crippen molar-refractivity contribution in [2.45, 2.75) is 76.0 Å². The molecule has 0 aromatic rings. The molecule has 1 N–H and O–H groups in total. The Morgan fingerprint density at radius 2 is 1.79 bits per heavy atom. The van der Waals surface area contributed by atoms with Crippen molar-refractivity contribution in [2.24, 2.45) is 0 Å². The van der Waals surface area contributed by atoms with Crippen molar-refractivity contribution in [1.82, 2.24) is 0 Å². The van der Waals surface area contributed by atoms with Crippen LogP contribution >= 0.6 is 0 Å². The van der Waals surface area contributed by atoms with Gasteiger partial charge in [0.2, 0.25) is 0 Å². The second-order valence-corrected chi connectivity index (χ2v) is 13.6. The van der Waals surface area contributed by atoms with Gasteiger partial charge in [-0.15, -0.1) is 0 Å². The van der Waals surface area contributed by atoms with E-state index in [4.69, 9.17) is 28.4 Å². The Kier molecular flexibility index (Phi) is 6.83. The highest BCUT2D eigenvalue weighted by Crippen LogP contribution is 2.38. The highest BCUT2D eigenvalue weighted by Gasteiger charge is 2.55. The van der Waals surface area contributed by atoms with Crippen LogP contribution in [0.15, 0.2) is 0 Å². The van der Waals surface area contributed by atoms with Crippen molar-refractivity contribution in [3.8, 4) is 0 Å². The van der Waals surface area contributed by atoms with Gasteiger partial charge < -0.3 is 33.5 Å². The van der Waals surface area contributed by atoms with Crippen LogP contribution in [0.4, 0.5) is 0 Å². The molecule has 2 saturated heterocycles. The standard InChI is InChI=1S/C16H32O7Si/c1-16(2)22-12-11(9-17)21-15(18-3)14(13(12)23-16)20-10-19-7-8-24(4,5)6/h11-15,17H,7-10H2,1-6H3/t11-,12+,13+,14-,15-/m1/s1. The van der Waals surface area contributed by atoms with Crippen molar-refractivity contribution in [3.63, 3.8) is 0 Å². The fourth-order valence-corrected chi connectivity index (χ4v) is 3.67. The summed E-state index contributed by atoms with van der Waals surface area (Å²) in [7, 11) is 0.420. The summed E-state index contributed by atoms with van der Waals surface area (Å²) >= 11 is 0. The number of aliphatic hydroxyl groups is 1. The summed E-state index contributed by atoms with van der Waals surface area (Å²) in [6.45, 7) is 11.2. The molecule has 0 aromatic carbocycles. The molecule has 0 aromatic heterocycles. The van der Waals surface area contributed by atoms with Gasteiger partial charge in [0, 0.05) is 21.8 Å². The summed E-state index contributed by atoms with van der Waals surface area (Å²) in [5.74, 6) is -0.755. The summed E-state index contributed by atoms with van der Waals surface area (Å²) in [4.78, 5) is 0. The molecule has 2 fully saturated rings. The van der Waals surface area contributed by atoms with Crippen LogP contribution in [0.1, 0.15) is 13.8 Å². The molecule has 0 unspecified atom stereocenters. The number of fused-ring (bicyclic) bond motifs is 1. The Labute approximate surface area is 145 Å². The molecule has 24 heavy (non-hydrogen) atoms. The van der Waals surface area contributed by atoms with Crippen LogP contribution in [0.3, 0.4) is 0 Å². The quantitative estimate of drug-likeness (QED) is 0.398. The minimum Gasteiger partial charge on any atom is -0.394 e. The second-order valence-electron chi connectivity index (χ2n) is 7.99. The maximum Gasteiger partial charge on any atom is 0.186 e. The molecule has 2 rings (SSSR count). The Balaban J connectivity index is 1.93. The first-order valence-electron chi connectivity index (χ1n) is 8.51. The first kappa shape index (κ1) is 20.3. The molecule has 2 aliphatic rings. The Bertz CT molecular complexity index is 398. The van der Waals surface area contributed by atoms with Crippen LogP contribution < -0.4 is 0 Å². The molecule has 8 heteroatoms. The van der Waals surface area contributed by atoms with Gasteiger partial charge in [-0.1, -0.05) is 19.6 Å². The lowest BCUT2D eigenvalue weighted by Crippen LogP contribution is -2.58. The van der Waals surface area contributed by atoms with Gasteiger partial charge in [0.1, 0.15) is 31.2 Å². The third kappa shape index (κ3) is 5.22. The van der Waals surface area contributed by atoms with Gasteiger partial charge in [0.05, 0.1) is 6.61 Å². The molecule has 0 aliphatic carbocycles. The summed E-state index contributed by atoms with van der Waals surface area (Å²) in [6, 6.07) is 1.08. The molecular weight excluding hydrogens is 332 g/mol. The van der Waals surface area contributed by atoms with Crippen LogP contribution in [-0.2, 0) is 28.4 Å². The van der Waals surface area contributed by atoms with E-state index < -0.39 is 38.5 Å². The van der Waals surface area contributed by atoms with E-state index in [0.29, 0.717) is 6.61 Å². The van der Waals surface area contributed by atoms with E-state index >= 15 is 0 Å². The van der Waals surface area contributed by atoms with E-state index in [9.17, 15) is 5.11 Å². The van der Waals surface area contributed by atoms with Gasteiger partial charge in [-0.2, -0.15) is 0 Å². The largest absolute Gasteiger partial charge is 0.394 e. The molecule has 0 saturated carbocycles. The van der Waals surface area contributed by atoms with Crippen molar-refractivity contribution in [1.29, 1.82) is 0 Å². The van der Waals surface area contributed by atoms with Crippen molar-refractivity contribution in [2.75, 3.05) is 27.1 Å². The smallest absolute Gasteiger partial charge is 0.186 e. The zero-order chi connectivity index (χ0) is 18.0. The highest BCUT2D eigenvalue weighted by atomic mass is 28.3. The van der Waals surface area contributed by atoms with Crippen molar-refractivity contribution in [3.05, 3.63) is 0 Å². The molecule has 142 valence electrons. The molecule has 0 amide bonds. The van der Waals surface area contributed by atoms with Gasteiger partial charge in [-0.25, -0.2) is 0 Å². The van der Waals surface area contributed by atoms with Crippen molar-refractivity contribution >= 4 is 8.07 Å². The van der Waals surface area contributed by atoms with E-state index in [1.54, 1.807) is 7.11 Å².